The first-order valence-corrected chi connectivity index (χ1v) is 6.52. The molecule has 2 aromatic rings. The minimum Gasteiger partial charge on any atom is -0.452 e. The molecule has 90 valence electrons. The van der Waals surface area contributed by atoms with Gasteiger partial charge in [0.05, 0.1) is 6.54 Å². The van der Waals surface area contributed by atoms with E-state index in [1.54, 1.807) is 0 Å². The Morgan fingerprint density at radius 1 is 1.12 bits per heavy atom. The third kappa shape index (κ3) is 3.37. The molecular weight excluding hydrogens is 278 g/mol. The smallest absolute Gasteiger partial charge is 0.169 e. The van der Waals surface area contributed by atoms with E-state index in [-0.39, 0.29) is 0 Å². The average Bonchev–Trinajstić information content (AvgIpc) is 2.73. The highest BCUT2D eigenvalue weighted by molar-refractivity contribution is 9.10. The summed E-state index contributed by atoms with van der Waals surface area (Å²) in [6.07, 6.45) is 0. The van der Waals surface area contributed by atoms with Gasteiger partial charge in [0.2, 0.25) is 0 Å². The molecule has 0 aliphatic heterocycles. The second-order valence-corrected chi connectivity index (χ2v) is 5.12. The summed E-state index contributed by atoms with van der Waals surface area (Å²) in [5, 5.41) is 3.33. The molecule has 1 aromatic heterocycles. The molecule has 17 heavy (non-hydrogen) atoms. The number of anilines is 1. The Labute approximate surface area is 110 Å². The van der Waals surface area contributed by atoms with E-state index >= 15 is 0 Å². The number of hydrogen-bond donors (Lipinski definition) is 1. The lowest BCUT2D eigenvalue weighted by molar-refractivity contribution is 0.495. The zero-order valence-corrected chi connectivity index (χ0v) is 11.6. The van der Waals surface area contributed by atoms with Crippen LogP contribution in [-0.4, -0.2) is 0 Å². The van der Waals surface area contributed by atoms with E-state index < -0.39 is 0 Å². The van der Waals surface area contributed by atoms with E-state index in [0.29, 0.717) is 12.5 Å². The molecule has 0 unspecified atom stereocenters. The summed E-state index contributed by atoms with van der Waals surface area (Å²) in [5.74, 6) is 1.50. The molecule has 0 radical (unpaired) electrons. The van der Waals surface area contributed by atoms with Crippen LogP contribution in [0.1, 0.15) is 31.1 Å². The van der Waals surface area contributed by atoms with Crippen molar-refractivity contribution in [1.29, 1.82) is 0 Å². The maximum Gasteiger partial charge on any atom is 0.169 e. The maximum atomic E-state index is 5.42. The van der Waals surface area contributed by atoms with Crippen LogP contribution >= 0.6 is 15.9 Å². The molecule has 0 amide bonds. The van der Waals surface area contributed by atoms with Crippen molar-refractivity contribution in [2.24, 2.45) is 0 Å². The predicted octanol–water partition coefficient (Wildman–Crippen LogP) is 4.78. The van der Waals surface area contributed by atoms with Crippen molar-refractivity contribution in [2.45, 2.75) is 26.3 Å². The molecule has 1 heterocycles. The standard InChI is InChI=1S/C14H16BrNO/c1-10(2)11-3-5-12(6-4-11)16-9-13-7-8-14(15)17-13/h3-8,10,16H,9H2,1-2H3. The number of hydrogen-bond acceptors (Lipinski definition) is 2. The van der Waals surface area contributed by atoms with Crippen molar-refractivity contribution in [2.75, 3.05) is 5.32 Å². The van der Waals surface area contributed by atoms with Gasteiger partial charge in [0.25, 0.3) is 0 Å². The normalized spacial score (nSPS) is 10.8. The van der Waals surface area contributed by atoms with Gasteiger partial charge in [-0.3, -0.25) is 0 Å². The molecule has 2 nitrogen and oxygen atoms in total. The molecule has 0 saturated carbocycles. The highest BCUT2D eigenvalue weighted by Gasteiger charge is 2.01. The zero-order valence-electron chi connectivity index (χ0n) is 10.0. The van der Waals surface area contributed by atoms with Gasteiger partial charge in [-0.25, -0.2) is 0 Å². The lowest BCUT2D eigenvalue weighted by atomic mass is 10.0. The number of nitrogens with one attached hydrogen (secondary N) is 1. The van der Waals surface area contributed by atoms with Crippen LogP contribution in [0.15, 0.2) is 45.5 Å². The van der Waals surface area contributed by atoms with Gasteiger partial charge in [0.1, 0.15) is 5.76 Å². The summed E-state index contributed by atoms with van der Waals surface area (Å²) in [6, 6.07) is 12.4. The summed E-state index contributed by atoms with van der Waals surface area (Å²) < 4.78 is 6.19. The van der Waals surface area contributed by atoms with Gasteiger partial charge in [-0.2, -0.15) is 0 Å². The number of halogens is 1. The summed E-state index contributed by atoms with van der Waals surface area (Å²) in [4.78, 5) is 0. The lowest BCUT2D eigenvalue weighted by Gasteiger charge is -2.08. The molecule has 0 fully saturated rings. The highest BCUT2D eigenvalue weighted by Crippen LogP contribution is 2.19. The predicted molar refractivity (Wildman–Crippen MR) is 74.3 cm³/mol. The van der Waals surface area contributed by atoms with E-state index in [9.17, 15) is 0 Å². The van der Waals surface area contributed by atoms with E-state index in [2.05, 4.69) is 59.4 Å². The van der Waals surface area contributed by atoms with Gasteiger partial charge >= 0.3 is 0 Å². The van der Waals surface area contributed by atoms with Crippen LogP contribution in [0.25, 0.3) is 0 Å². The van der Waals surface area contributed by atoms with Crippen molar-refractivity contribution >= 4 is 21.6 Å². The summed E-state index contributed by atoms with van der Waals surface area (Å²) in [6.45, 7) is 5.10. The Morgan fingerprint density at radius 2 is 1.82 bits per heavy atom. The van der Waals surface area contributed by atoms with Crippen molar-refractivity contribution in [3.8, 4) is 0 Å². The zero-order chi connectivity index (χ0) is 12.3. The Balaban J connectivity index is 1.95. The fraction of sp³-hybridized carbons (Fsp3) is 0.286. The molecule has 0 spiro atoms. The Kier molecular flexibility index (Phi) is 3.89. The minimum atomic E-state index is 0.574. The van der Waals surface area contributed by atoms with Crippen LogP contribution in [0.2, 0.25) is 0 Å². The van der Waals surface area contributed by atoms with Crippen LogP contribution in [-0.2, 0) is 6.54 Å². The molecule has 0 saturated heterocycles. The largest absolute Gasteiger partial charge is 0.452 e. The Morgan fingerprint density at radius 3 is 2.35 bits per heavy atom. The van der Waals surface area contributed by atoms with Crippen LogP contribution < -0.4 is 5.32 Å². The molecule has 0 aliphatic carbocycles. The van der Waals surface area contributed by atoms with E-state index in [1.165, 1.54) is 5.56 Å². The molecule has 0 bridgehead atoms. The van der Waals surface area contributed by atoms with Crippen molar-refractivity contribution < 1.29 is 4.42 Å². The SMILES string of the molecule is CC(C)c1ccc(NCc2ccc(Br)o2)cc1. The molecular formula is C14H16BrNO. The second-order valence-electron chi connectivity index (χ2n) is 4.34. The number of benzene rings is 1. The minimum absolute atomic E-state index is 0.574. The third-order valence-corrected chi connectivity index (χ3v) is 3.10. The first-order chi connectivity index (χ1) is 8.15. The van der Waals surface area contributed by atoms with Gasteiger partial charge in [0.15, 0.2) is 4.67 Å². The molecule has 0 atom stereocenters. The van der Waals surface area contributed by atoms with Gasteiger partial charge in [-0.15, -0.1) is 0 Å². The van der Waals surface area contributed by atoms with Gasteiger partial charge in [-0.1, -0.05) is 26.0 Å². The first-order valence-electron chi connectivity index (χ1n) is 5.73. The van der Waals surface area contributed by atoms with Gasteiger partial charge < -0.3 is 9.73 Å². The summed E-state index contributed by atoms with van der Waals surface area (Å²) in [7, 11) is 0. The second kappa shape index (κ2) is 5.41. The van der Waals surface area contributed by atoms with Crippen molar-refractivity contribution in [1.82, 2.24) is 0 Å². The van der Waals surface area contributed by atoms with Crippen molar-refractivity contribution in [3.05, 3.63) is 52.4 Å². The summed E-state index contributed by atoms with van der Waals surface area (Å²) in [5.41, 5.74) is 2.47. The van der Waals surface area contributed by atoms with Crippen molar-refractivity contribution in [3.63, 3.8) is 0 Å². The van der Waals surface area contributed by atoms with Crippen LogP contribution in [0.3, 0.4) is 0 Å². The number of furan rings is 1. The molecule has 0 aliphatic rings. The third-order valence-electron chi connectivity index (χ3n) is 2.67. The Hall–Kier alpha value is -1.22. The summed E-state index contributed by atoms with van der Waals surface area (Å²) >= 11 is 3.29. The monoisotopic (exact) mass is 293 g/mol. The molecule has 1 aromatic carbocycles. The molecule has 3 heteroatoms. The van der Waals surface area contributed by atoms with Gasteiger partial charge in [-0.05, 0) is 51.7 Å². The maximum absolute atomic E-state index is 5.42. The topological polar surface area (TPSA) is 25.2 Å². The Bertz CT molecular complexity index is 473. The first kappa shape index (κ1) is 12.2. The van der Waals surface area contributed by atoms with Crippen LogP contribution in [0.5, 0.6) is 0 Å². The fourth-order valence-electron chi connectivity index (χ4n) is 1.62. The van der Waals surface area contributed by atoms with Gasteiger partial charge in [0, 0.05) is 5.69 Å². The van der Waals surface area contributed by atoms with Crippen LogP contribution in [0.4, 0.5) is 5.69 Å². The fourth-order valence-corrected chi connectivity index (χ4v) is 1.96. The average molecular weight is 294 g/mol. The molecule has 1 N–H and O–H groups in total. The van der Waals surface area contributed by atoms with E-state index in [1.807, 2.05) is 12.1 Å². The highest BCUT2D eigenvalue weighted by atomic mass is 79.9. The van der Waals surface area contributed by atoms with Crippen LogP contribution in [0, 0.1) is 0 Å². The lowest BCUT2D eigenvalue weighted by Crippen LogP contribution is -1.98. The quantitative estimate of drug-likeness (QED) is 0.878. The van der Waals surface area contributed by atoms with E-state index in [4.69, 9.17) is 4.42 Å². The number of rotatable bonds is 4. The molecule has 2 rings (SSSR count). The van der Waals surface area contributed by atoms with E-state index in [0.717, 1.165) is 16.1 Å².